The molecule has 1 radical (unpaired) electrons. The second kappa shape index (κ2) is 5.80. The van der Waals surface area contributed by atoms with Gasteiger partial charge in [-0.3, -0.25) is 4.79 Å². The highest BCUT2D eigenvalue weighted by molar-refractivity contribution is 5.63. The molecular formula is C14H18NO. The molecule has 0 saturated carbocycles. The van der Waals surface area contributed by atoms with Gasteiger partial charge < -0.3 is 4.90 Å². The van der Waals surface area contributed by atoms with E-state index in [0.29, 0.717) is 0 Å². The standard InChI is InChI=1S/C14H18NO/c16-12-14(13-7-3-1-4-8-13)11-15-9-5-2-6-10-15/h1,3-4,7-8,14H,2,5-6,9-11H2. The van der Waals surface area contributed by atoms with E-state index < -0.39 is 0 Å². The predicted molar refractivity (Wildman–Crippen MR) is 65.2 cm³/mol. The van der Waals surface area contributed by atoms with Crippen molar-refractivity contribution in [3.8, 4) is 0 Å². The number of hydrogen-bond acceptors (Lipinski definition) is 2. The van der Waals surface area contributed by atoms with Gasteiger partial charge in [0.05, 0.1) is 5.92 Å². The van der Waals surface area contributed by atoms with Gasteiger partial charge in [0.1, 0.15) is 0 Å². The van der Waals surface area contributed by atoms with Crippen molar-refractivity contribution in [2.75, 3.05) is 19.6 Å². The van der Waals surface area contributed by atoms with Crippen molar-refractivity contribution in [3.63, 3.8) is 0 Å². The molecule has 16 heavy (non-hydrogen) atoms. The minimum Gasteiger partial charge on any atom is -0.302 e. The fraction of sp³-hybridized carbons (Fsp3) is 0.500. The maximum Gasteiger partial charge on any atom is 0.207 e. The van der Waals surface area contributed by atoms with E-state index in [0.717, 1.165) is 25.2 Å². The van der Waals surface area contributed by atoms with Crippen molar-refractivity contribution in [2.45, 2.75) is 25.2 Å². The van der Waals surface area contributed by atoms with Crippen LogP contribution in [0.1, 0.15) is 30.7 Å². The van der Waals surface area contributed by atoms with Crippen LogP contribution in [0.4, 0.5) is 0 Å². The van der Waals surface area contributed by atoms with E-state index in [-0.39, 0.29) is 5.92 Å². The Kier molecular flexibility index (Phi) is 4.11. The molecule has 1 fully saturated rings. The summed E-state index contributed by atoms with van der Waals surface area (Å²) in [7, 11) is 0. The molecule has 2 rings (SSSR count). The first kappa shape index (κ1) is 11.3. The fourth-order valence-corrected chi connectivity index (χ4v) is 2.30. The van der Waals surface area contributed by atoms with Gasteiger partial charge in [-0.15, -0.1) is 0 Å². The fourth-order valence-electron chi connectivity index (χ4n) is 2.30. The van der Waals surface area contributed by atoms with Crippen LogP contribution in [0.15, 0.2) is 30.3 Å². The third-order valence-electron chi connectivity index (χ3n) is 3.23. The summed E-state index contributed by atoms with van der Waals surface area (Å²) in [6.07, 6.45) is 6.03. The van der Waals surface area contributed by atoms with Crippen LogP contribution in [-0.4, -0.2) is 30.8 Å². The molecule has 0 spiro atoms. The minimum absolute atomic E-state index is 0.0840. The van der Waals surface area contributed by atoms with Gasteiger partial charge in [-0.25, -0.2) is 0 Å². The summed E-state index contributed by atoms with van der Waals surface area (Å²) < 4.78 is 0. The van der Waals surface area contributed by atoms with Gasteiger partial charge in [0.25, 0.3) is 0 Å². The second-order valence-corrected chi connectivity index (χ2v) is 4.44. The summed E-state index contributed by atoms with van der Waals surface area (Å²) in [4.78, 5) is 13.4. The first-order valence-electron chi connectivity index (χ1n) is 6.05. The quantitative estimate of drug-likeness (QED) is 0.770. The summed E-state index contributed by atoms with van der Waals surface area (Å²) in [6.45, 7) is 3.09. The monoisotopic (exact) mass is 216 g/mol. The van der Waals surface area contributed by atoms with Crippen LogP contribution in [0.2, 0.25) is 0 Å². The van der Waals surface area contributed by atoms with Crippen molar-refractivity contribution in [3.05, 3.63) is 35.9 Å². The Labute approximate surface area is 97.3 Å². The van der Waals surface area contributed by atoms with Crippen molar-refractivity contribution >= 4 is 6.29 Å². The molecule has 0 aromatic heterocycles. The summed E-state index contributed by atoms with van der Waals surface area (Å²) >= 11 is 0. The average molecular weight is 216 g/mol. The Morgan fingerprint density at radius 3 is 2.44 bits per heavy atom. The molecule has 2 heteroatoms. The lowest BCUT2D eigenvalue weighted by Crippen LogP contribution is -2.33. The molecule has 1 aliphatic rings. The normalized spacial score (nSPS) is 19.2. The van der Waals surface area contributed by atoms with Crippen LogP contribution in [0.3, 0.4) is 0 Å². The molecule has 0 amide bonds. The smallest absolute Gasteiger partial charge is 0.207 e. The molecule has 1 atom stereocenters. The number of carbonyl (C=O) groups excluding carboxylic acids is 1. The Hall–Kier alpha value is -1.15. The van der Waals surface area contributed by atoms with Gasteiger partial charge in [-0.2, -0.15) is 0 Å². The highest BCUT2D eigenvalue weighted by Crippen LogP contribution is 2.17. The van der Waals surface area contributed by atoms with E-state index in [4.69, 9.17) is 0 Å². The first-order valence-corrected chi connectivity index (χ1v) is 6.05. The third-order valence-corrected chi connectivity index (χ3v) is 3.23. The van der Waals surface area contributed by atoms with Crippen LogP contribution in [0.25, 0.3) is 0 Å². The van der Waals surface area contributed by atoms with E-state index >= 15 is 0 Å². The molecule has 1 aliphatic heterocycles. The lowest BCUT2D eigenvalue weighted by atomic mass is 9.99. The van der Waals surface area contributed by atoms with Crippen LogP contribution in [0.5, 0.6) is 0 Å². The molecule has 1 saturated heterocycles. The lowest BCUT2D eigenvalue weighted by molar-refractivity contribution is 0.226. The van der Waals surface area contributed by atoms with E-state index in [1.54, 1.807) is 0 Å². The first-order chi connectivity index (χ1) is 7.90. The highest BCUT2D eigenvalue weighted by atomic mass is 16.1. The molecule has 1 unspecified atom stereocenters. The SMILES string of the molecule is O=[C]C(CN1CCCCC1)c1ccccc1. The molecule has 1 aromatic rings. The summed E-state index contributed by atoms with van der Waals surface area (Å²) in [5.74, 6) is -0.0840. The zero-order valence-corrected chi connectivity index (χ0v) is 9.56. The largest absolute Gasteiger partial charge is 0.302 e. The van der Waals surface area contributed by atoms with E-state index in [2.05, 4.69) is 11.2 Å². The molecule has 1 heterocycles. The van der Waals surface area contributed by atoms with Gasteiger partial charge in [0.2, 0.25) is 6.29 Å². The zero-order valence-electron chi connectivity index (χ0n) is 9.56. The molecule has 1 aromatic carbocycles. The van der Waals surface area contributed by atoms with Crippen LogP contribution < -0.4 is 0 Å². The number of piperidine rings is 1. The van der Waals surface area contributed by atoms with Gasteiger partial charge in [0, 0.05) is 6.54 Å². The summed E-state index contributed by atoms with van der Waals surface area (Å²) in [5, 5.41) is 0. The Morgan fingerprint density at radius 1 is 1.12 bits per heavy atom. The number of hydrogen-bond donors (Lipinski definition) is 0. The second-order valence-electron chi connectivity index (χ2n) is 4.44. The van der Waals surface area contributed by atoms with Crippen molar-refractivity contribution in [2.24, 2.45) is 0 Å². The van der Waals surface area contributed by atoms with Crippen LogP contribution >= 0.6 is 0 Å². The Balaban J connectivity index is 1.97. The van der Waals surface area contributed by atoms with E-state index in [9.17, 15) is 4.79 Å². The van der Waals surface area contributed by atoms with Crippen molar-refractivity contribution in [1.82, 2.24) is 4.90 Å². The molecule has 0 bridgehead atoms. The highest BCUT2D eigenvalue weighted by Gasteiger charge is 2.17. The van der Waals surface area contributed by atoms with Gasteiger partial charge in [-0.05, 0) is 31.5 Å². The Bertz CT molecular complexity index is 317. The van der Waals surface area contributed by atoms with Crippen LogP contribution in [-0.2, 0) is 4.79 Å². The number of likely N-dealkylation sites (tertiary alicyclic amines) is 1. The predicted octanol–water partition coefficient (Wildman–Crippen LogP) is 2.37. The third kappa shape index (κ3) is 2.92. The average Bonchev–Trinajstić information content (AvgIpc) is 2.38. The minimum atomic E-state index is -0.0840. The van der Waals surface area contributed by atoms with E-state index in [1.165, 1.54) is 19.3 Å². The molecule has 85 valence electrons. The number of nitrogens with zero attached hydrogens (tertiary/aromatic N) is 1. The molecule has 2 nitrogen and oxygen atoms in total. The molecule has 0 N–H and O–H groups in total. The maximum atomic E-state index is 11.0. The van der Waals surface area contributed by atoms with Crippen LogP contribution in [0, 0.1) is 0 Å². The molecular weight excluding hydrogens is 198 g/mol. The number of benzene rings is 1. The van der Waals surface area contributed by atoms with Crippen molar-refractivity contribution < 1.29 is 4.79 Å². The van der Waals surface area contributed by atoms with Gasteiger partial charge in [-0.1, -0.05) is 36.8 Å². The van der Waals surface area contributed by atoms with Gasteiger partial charge in [0.15, 0.2) is 0 Å². The van der Waals surface area contributed by atoms with Gasteiger partial charge >= 0.3 is 0 Å². The zero-order chi connectivity index (χ0) is 11.2. The summed E-state index contributed by atoms with van der Waals surface area (Å²) in [5.41, 5.74) is 1.09. The van der Waals surface area contributed by atoms with Crippen molar-refractivity contribution in [1.29, 1.82) is 0 Å². The van der Waals surface area contributed by atoms with E-state index in [1.807, 2.05) is 30.3 Å². The lowest BCUT2D eigenvalue weighted by Gasteiger charge is -2.28. The molecule has 0 aliphatic carbocycles. The topological polar surface area (TPSA) is 20.3 Å². The maximum absolute atomic E-state index is 11.0. The summed E-state index contributed by atoms with van der Waals surface area (Å²) in [6, 6.07) is 9.97. The number of rotatable bonds is 4. The Morgan fingerprint density at radius 2 is 1.81 bits per heavy atom.